The SMILES string of the molecule is Nc1[nH]ncc1S(=O)(=O)Nc1ccc(F)c(Br)c1. The smallest absolute Gasteiger partial charge is 0.267 e. The summed E-state index contributed by atoms with van der Waals surface area (Å²) in [7, 11) is -3.84. The van der Waals surface area contributed by atoms with Crippen LogP contribution in [0.1, 0.15) is 0 Å². The number of aromatic amines is 1. The third-order valence-electron chi connectivity index (χ3n) is 2.09. The van der Waals surface area contributed by atoms with Crippen molar-refractivity contribution in [2.24, 2.45) is 0 Å². The van der Waals surface area contributed by atoms with E-state index in [1.165, 1.54) is 12.1 Å². The van der Waals surface area contributed by atoms with Gasteiger partial charge >= 0.3 is 0 Å². The molecule has 0 unspecified atom stereocenters. The molecule has 0 spiro atoms. The molecule has 1 aromatic heterocycles. The molecule has 4 N–H and O–H groups in total. The topological polar surface area (TPSA) is 101 Å². The first-order chi connectivity index (χ1) is 8.40. The third-order valence-corrected chi connectivity index (χ3v) is 4.11. The number of nitrogen functional groups attached to an aromatic ring is 1. The van der Waals surface area contributed by atoms with Crippen LogP contribution in [-0.4, -0.2) is 18.6 Å². The minimum absolute atomic E-state index is 0.0660. The largest absolute Gasteiger partial charge is 0.383 e. The van der Waals surface area contributed by atoms with E-state index in [0.717, 1.165) is 12.3 Å². The maximum absolute atomic E-state index is 13.0. The molecule has 96 valence electrons. The standard InChI is InChI=1S/C9H8BrFN4O2S/c10-6-3-5(1-2-7(6)11)15-18(16,17)8-4-13-14-9(8)12/h1-4,15H,(H3,12,13,14). The summed E-state index contributed by atoms with van der Waals surface area (Å²) in [4.78, 5) is -0.164. The first-order valence-corrected chi connectivity index (χ1v) is 6.94. The van der Waals surface area contributed by atoms with E-state index in [2.05, 4.69) is 30.8 Å². The van der Waals surface area contributed by atoms with Crippen LogP contribution >= 0.6 is 15.9 Å². The second-order valence-electron chi connectivity index (χ2n) is 3.38. The van der Waals surface area contributed by atoms with E-state index in [9.17, 15) is 12.8 Å². The predicted molar refractivity (Wildman–Crippen MR) is 67.9 cm³/mol. The van der Waals surface area contributed by atoms with E-state index in [1.54, 1.807) is 0 Å². The quantitative estimate of drug-likeness (QED) is 0.795. The average molecular weight is 335 g/mol. The van der Waals surface area contributed by atoms with Gasteiger partial charge in [-0.05, 0) is 34.1 Å². The van der Waals surface area contributed by atoms with Gasteiger partial charge in [-0.25, -0.2) is 12.8 Å². The van der Waals surface area contributed by atoms with Crippen molar-refractivity contribution in [3.63, 3.8) is 0 Å². The molecule has 0 aliphatic rings. The summed E-state index contributed by atoms with van der Waals surface area (Å²) in [6.07, 6.45) is 1.09. The molecule has 2 rings (SSSR count). The molecule has 0 atom stereocenters. The third kappa shape index (κ3) is 2.46. The second-order valence-corrected chi connectivity index (χ2v) is 5.89. The van der Waals surface area contributed by atoms with Gasteiger partial charge in [0.1, 0.15) is 16.5 Å². The number of nitrogens with two attached hydrogens (primary N) is 1. The summed E-state index contributed by atoms with van der Waals surface area (Å²) in [6, 6.07) is 3.75. The Kier molecular flexibility index (Phi) is 3.26. The molecule has 1 aromatic carbocycles. The zero-order chi connectivity index (χ0) is 13.3. The van der Waals surface area contributed by atoms with Crippen molar-refractivity contribution in [2.45, 2.75) is 4.90 Å². The van der Waals surface area contributed by atoms with Gasteiger partial charge in [0.05, 0.1) is 16.4 Å². The van der Waals surface area contributed by atoms with Gasteiger partial charge in [-0.15, -0.1) is 0 Å². The Morgan fingerprint density at radius 3 is 2.72 bits per heavy atom. The molecule has 0 aliphatic heterocycles. The van der Waals surface area contributed by atoms with Crippen LogP contribution in [-0.2, 0) is 10.0 Å². The van der Waals surface area contributed by atoms with E-state index in [1.807, 2.05) is 0 Å². The molecular weight excluding hydrogens is 327 g/mol. The van der Waals surface area contributed by atoms with E-state index in [-0.39, 0.29) is 20.9 Å². The number of H-pyrrole nitrogens is 1. The summed E-state index contributed by atoms with van der Waals surface area (Å²) < 4.78 is 39.3. The van der Waals surface area contributed by atoms with Gasteiger partial charge < -0.3 is 5.73 Å². The van der Waals surface area contributed by atoms with Crippen molar-refractivity contribution >= 4 is 37.5 Å². The highest BCUT2D eigenvalue weighted by atomic mass is 79.9. The van der Waals surface area contributed by atoms with Gasteiger partial charge in [0.25, 0.3) is 10.0 Å². The molecule has 0 fully saturated rings. The summed E-state index contributed by atoms with van der Waals surface area (Å²) in [5.41, 5.74) is 5.64. The van der Waals surface area contributed by atoms with E-state index in [0.29, 0.717) is 0 Å². The predicted octanol–water partition coefficient (Wildman–Crippen LogP) is 1.69. The summed E-state index contributed by atoms with van der Waals surface area (Å²) >= 11 is 2.96. The van der Waals surface area contributed by atoms with E-state index < -0.39 is 15.8 Å². The summed E-state index contributed by atoms with van der Waals surface area (Å²) in [5, 5.41) is 5.84. The Labute approximate surface area is 111 Å². The number of aromatic nitrogens is 2. The molecule has 1 heterocycles. The first kappa shape index (κ1) is 12.8. The molecule has 6 nitrogen and oxygen atoms in total. The summed E-state index contributed by atoms with van der Waals surface area (Å²) in [5.74, 6) is -0.551. The minimum atomic E-state index is -3.84. The molecule has 0 saturated heterocycles. The Morgan fingerprint density at radius 2 is 2.17 bits per heavy atom. The fourth-order valence-corrected chi connectivity index (χ4v) is 2.72. The Bertz CT molecular complexity index is 686. The van der Waals surface area contributed by atoms with Crippen LogP contribution in [0.15, 0.2) is 33.8 Å². The van der Waals surface area contributed by atoms with Crippen molar-refractivity contribution in [3.05, 3.63) is 34.7 Å². The van der Waals surface area contributed by atoms with Crippen LogP contribution in [0, 0.1) is 5.82 Å². The zero-order valence-electron chi connectivity index (χ0n) is 8.81. The van der Waals surface area contributed by atoms with Crippen molar-refractivity contribution in [3.8, 4) is 0 Å². The van der Waals surface area contributed by atoms with Crippen LogP contribution in [0.3, 0.4) is 0 Å². The fraction of sp³-hybridized carbons (Fsp3) is 0. The molecule has 0 radical (unpaired) electrons. The number of benzene rings is 1. The number of rotatable bonds is 3. The highest BCUT2D eigenvalue weighted by Gasteiger charge is 2.19. The van der Waals surface area contributed by atoms with Gasteiger partial charge in [0.2, 0.25) is 0 Å². The number of anilines is 2. The fourth-order valence-electron chi connectivity index (χ4n) is 1.27. The van der Waals surface area contributed by atoms with Crippen LogP contribution in [0.5, 0.6) is 0 Å². The number of hydrogen-bond acceptors (Lipinski definition) is 4. The molecule has 0 aliphatic carbocycles. The lowest BCUT2D eigenvalue weighted by Crippen LogP contribution is -2.13. The minimum Gasteiger partial charge on any atom is -0.383 e. The van der Waals surface area contributed by atoms with Gasteiger partial charge in [-0.3, -0.25) is 9.82 Å². The molecular formula is C9H8BrFN4O2S. The van der Waals surface area contributed by atoms with E-state index >= 15 is 0 Å². The summed E-state index contributed by atoms with van der Waals surface area (Å²) in [6.45, 7) is 0. The van der Waals surface area contributed by atoms with E-state index in [4.69, 9.17) is 5.73 Å². The average Bonchev–Trinajstić information content (AvgIpc) is 2.70. The van der Waals surface area contributed by atoms with Gasteiger partial charge in [0.15, 0.2) is 0 Å². The molecule has 9 heteroatoms. The Morgan fingerprint density at radius 1 is 1.44 bits per heavy atom. The zero-order valence-corrected chi connectivity index (χ0v) is 11.2. The molecule has 0 saturated carbocycles. The second kappa shape index (κ2) is 4.58. The Balaban J connectivity index is 2.34. The van der Waals surface area contributed by atoms with Crippen LogP contribution < -0.4 is 10.5 Å². The van der Waals surface area contributed by atoms with Gasteiger partial charge in [0, 0.05) is 0 Å². The number of sulfonamides is 1. The lowest BCUT2D eigenvalue weighted by Gasteiger charge is -2.07. The monoisotopic (exact) mass is 334 g/mol. The highest BCUT2D eigenvalue weighted by Crippen LogP contribution is 2.23. The molecule has 0 amide bonds. The molecule has 18 heavy (non-hydrogen) atoms. The maximum atomic E-state index is 13.0. The van der Waals surface area contributed by atoms with Crippen LogP contribution in [0.4, 0.5) is 15.9 Å². The lowest BCUT2D eigenvalue weighted by atomic mass is 10.3. The lowest BCUT2D eigenvalue weighted by molar-refractivity contribution is 0.601. The normalized spacial score (nSPS) is 11.4. The first-order valence-electron chi connectivity index (χ1n) is 4.67. The Hall–Kier alpha value is -1.61. The van der Waals surface area contributed by atoms with Gasteiger partial charge in [-0.1, -0.05) is 0 Å². The number of halogens is 2. The number of nitrogens with zero attached hydrogens (tertiary/aromatic N) is 1. The van der Waals surface area contributed by atoms with Crippen molar-refractivity contribution in [1.29, 1.82) is 0 Å². The molecule has 0 bridgehead atoms. The molecule has 2 aromatic rings. The van der Waals surface area contributed by atoms with Crippen molar-refractivity contribution in [2.75, 3.05) is 10.5 Å². The number of hydrogen-bond donors (Lipinski definition) is 3. The highest BCUT2D eigenvalue weighted by molar-refractivity contribution is 9.10. The van der Waals surface area contributed by atoms with Crippen molar-refractivity contribution < 1.29 is 12.8 Å². The van der Waals surface area contributed by atoms with Crippen molar-refractivity contribution in [1.82, 2.24) is 10.2 Å². The van der Waals surface area contributed by atoms with Crippen LogP contribution in [0.2, 0.25) is 0 Å². The van der Waals surface area contributed by atoms with Crippen LogP contribution in [0.25, 0.3) is 0 Å². The van der Waals surface area contributed by atoms with Gasteiger partial charge in [-0.2, -0.15) is 5.10 Å². The maximum Gasteiger partial charge on any atom is 0.267 e. The number of nitrogens with one attached hydrogen (secondary N) is 2.